The van der Waals surface area contributed by atoms with Gasteiger partial charge in [0.2, 0.25) is 0 Å². The second-order valence-corrected chi connectivity index (χ2v) is 7.50. The number of carbonyl (C=O) groups excluding carboxylic acids is 2. The van der Waals surface area contributed by atoms with Crippen molar-refractivity contribution >= 4 is 46.6 Å². The molecular weight excluding hydrogens is 442 g/mol. The summed E-state index contributed by atoms with van der Waals surface area (Å²) >= 11 is 7.01. The summed E-state index contributed by atoms with van der Waals surface area (Å²) < 4.78 is 15.9. The maximum absolute atomic E-state index is 11.9. The van der Waals surface area contributed by atoms with E-state index in [2.05, 4.69) is 20.3 Å². The number of benzene rings is 2. The van der Waals surface area contributed by atoms with Crippen LogP contribution in [-0.4, -0.2) is 37.5 Å². The molecule has 31 heavy (non-hydrogen) atoms. The lowest BCUT2D eigenvalue weighted by atomic mass is 10.2. The Balaban J connectivity index is 1.76. The molecule has 0 aliphatic carbocycles. The minimum Gasteiger partial charge on any atom is -0.493 e. The summed E-state index contributed by atoms with van der Waals surface area (Å²) in [5.41, 5.74) is 1.53. The van der Waals surface area contributed by atoms with E-state index in [1.807, 2.05) is 18.2 Å². The van der Waals surface area contributed by atoms with Crippen LogP contribution in [0, 0.1) is 0 Å². The second kappa shape index (κ2) is 10.6. The number of hydrogen-bond acceptors (Lipinski definition) is 8. The number of halogens is 1. The van der Waals surface area contributed by atoms with E-state index >= 15 is 0 Å². The Morgan fingerprint density at radius 1 is 1.23 bits per heavy atom. The fourth-order valence-electron chi connectivity index (χ4n) is 2.52. The number of amidine groups is 1. The molecule has 8 nitrogen and oxygen atoms in total. The van der Waals surface area contributed by atoms with Gasteiger partial charge in [0.15, 0.2) is 16.7 Å². The van der Waals surface area contributed by atoms with Gasteiger partial charge in [0.1, 0.15) is 6.61 Å². The summed E-state index contributed by atoms with van der Waals surface area (Å²) in [5, 5.41) is 11.4. The molecule has 0 radical (unpaired) electrons. The van der Waals surface area contributed by atoms with E-state index in [-0.39, 0.29) is 16.7 Å². The summed E-state index contributed by atoms with van der Waals surface area (Å²) in [5.74, 6) is -0.0506. The molecule has 0 unspecified atom stereocenters. The summed E-state index contributed by atoms with van der Waals surface area (Å²) in [6.07, 6.45) is 2.58. The average Bonchev–Trinajstić information content (AvgIpc) is 3.11. The van der Waals surface area contributed by atoms with Gasteiger partial charge >= 0.3 is 5.97 Å². The third-order valence-corrected chi connectivity index (χ3v) is 5.08. The Bertz CT molecular complexity index is 1080. The zero-order valence-corrected chi connectivity index (χ0v) is 18.2. The minimum absolute atomic E-state index is 0.174. The maximum atomic E-state index is 11.9. The quantitative estimate of drug-likeness (QED) is 0.294. The van der Waals surface area contributed by atoms with Crippen LogP contribution in [0.1, 0.15) is 11.1 Å². The maximum Gasteiger partial charge on any atom is 0.331 e. The predicted octanol–water partition coefficient (Wildman–Crippen LogP) is 3.54. The molecule has 2 aromatic carbocycles. The van der Waals surface area contributed by atoms with Gasteiger partial charge < -0.3 is 14.2 Å². The number of ether oxygens (including phenoxy) is 3. The minimum atomic E-state index is -0.625. The Morgan fingerprint density at radius 2 is 2.03 bits per heavy atom. The van der Waals surface area contributed by atoms with E-state index in [1.54, 1.807) is 31.4 Å². The van der Waals surface area contributed by atoms with Crippen molar-refractivity contribution in [2.75, 3.05) is 14.2 Å². The third-order valence-electron chi connectivity index (χ3n) is 3.95. The second-order valence-electron chi connectivity index (χ2n) is 6.03. The lowest BCUT2D eigenvalue weighted by Crippen LogP contribution is -2.19. The molecule has 0 atom stereocenters. The number of methoxy groups -OCH3 is 2. The molecule has 1 heterocycles. The van der Waals surface area contributed by atoms with E-state index < -0.39 is 11.9 Å². The van der Waals surface area contributed by atoms with Gasteiger partial charge in [-0.25, -0.2) is 4.79 Å². The number of hydrogen-bond donors (Lipinski definition) is 1. The molecular formula is C21H18ClN3O5S. The van der Waals surface area contributed by atoms with Crippen LogP contribution >= 0.6 is 23.4 Å². The Kier molecular flexibility index (Phi) is 7.69. The van der Waals surface area contributed by atoms with Crippen LogP contribution in [0.5, 0.6) is 11.5 Å². The molecule has 10 heteroatoms. The number of esters is 1. The number of rotatable bonds is 7. The van der Waals surface area contributed by atoms with Gasteiger partial charge in [-0.2, -0.15) is 5.10 Å². The third kappa shape index (κ3) is 6.09. The Hall–Kier alpha value is -3.30. The van der Waals surface area contributed by atoms with E-state index in [1.165, 1.54) is 13.3 Å². The van der Waals surface area contributed by atoms with E-state index in [9.17, 15) is 9.59 Å². The SMILES string of the molecule is COC(=O)/C=C1/S/C(=N\N=Cc2cccc(OC)c2OCc2cccc(Cl)c2)NC1=O. The zero-order valence-electron chi connectivity index (χ0n) is 16.6. The standard InChI is InChI=1S/C21H18ClN3O5S/c1-28-16-8-4-6-14(19(16)30-12-13-5-3-7-15(22)9-13)11-23-25-21-24-20(27)17(31-21)10-18(26)29-2/h3-11H,12H2,1-2H3,(H,24,25,27)/b17-10+,23-11?. The first kappa shape index (κ1) is 22.4. The van der Waals surface area contributed by atoms with Gasteiger partial charge in [0.25, 0.3) is 5.91 Å². The number of nitrogens with one attached hydrogen (secondary N) is 1. The van der Waals surface area contributed by atoms with Gasteiger partial charge in [-0.3, -0.25) is 10.1 Å². The first-order valence-electron chi connectivity index (χ1n) is 8.94. The van der Waals surface area contributed by atoms with Gasteiger partial charge in [0, 0.05) is 16.7 Å². The molecule has 0 aromatic heterocycles. The molecule has 1 fully saturated rings. The summed E-state index contributed by atoms with van der Waals surface area (Å²) in [7, 11) is 2.78. The van der Waals surface area contributed by atoms with Crippen molar-refractivity contribution in [3.05, 3.63) is 69.6 Å². The molecule has 3 rings (SSSR count). The highest BCUT2D eigenvalue weighted by atomic mass is 35.5. The summed E-state index contributed by atoms with van der Waals surface area (Å²) in [4.78, 5) is 23.3. The van der Waals surface area contributed by atoms with Crippen LogP contribution in [0.15, 0.2) is 63.6 Å². The molecule has 1 aliphatic rings. The lowest BCUT2D eigenvalue weighted by Gasteiger charge is -2.13. The molecule has 1 aliphatic heterocycles. The Labute approximate surface area is 187 Å². The summed E-state index contributed by atoms with van der Waals surface area (Å²) in [6, 6.07) is 12.7. The lowest BCUT2D eigenvalue weighted by molar-refractivity contribution is -0.135. The normalized spacial score (nSPS) is 16.0. The van der Waals surface area contributed by atoms with Gasteiger partial charge in [-0.1, -0.05) is 29.8 Å². The molecule has 0 spiro atoms. The molecule has 160 valence electrons. The predicted molar refractivity (Wildman–Crippen MR) is 120 cm³/mol. The van der Waals surface area contributed by atoms with Gasteiger partial charge in [-0.05, 0) is 41.6 Å². The van der Waals surface area contributed by atoms with Crippen LogP contribution in [0.3, 0.4) is 0 Å². The van der Waals surface area contributed by atoms with Crippen LogP contribution in [0.25, 0.3) is 0 Å². The molecule has 1 amide bonds. The Morgan fingerprint density at radius 3 is 2.77 bits per heavy atom. The van der Waals surface area contributed by atoms with Gasteiger partial charge in [0.05, 0.1) is 25.3 Å². The largest absolute Gasteiger partial charge is 0.493 e. The summed E-state index contributed by atoms with van der Waals surface area (Å²) in [6.45, 7) is 0.282. The van der Waals surface area contributed by atoms with Crippen LogP contribution in [0.2, 0.25) is 5.02 Å². The van der Waals surface area contributed by atoms with E-state index in [0.29, 0.717) is 22.1 Å². The monoisotopic (exact) mass is 459 g/mol. The highest BCUT2D eigenvalue weighted by molar-refractivity contribution is 8.18. The number of carbonyl (C=O) groups is 2. The van der Waals surface area contributed by atoms with E-state index in [4.69, 9.17) is 21.1 Å². The number of thioether (sulfide) groups is 1. The van der Waals surface area contributed by atoms with Crippen molar-refractivity contribution in [2.45, 2.75) is 6.61 Å². The molecule has 0 saturated carbocycles. The zero-order chi connectivity index (χ0) is 22.2. The number of para-hydroxylation sites is 1. The molecule has 1 saturated heterocycles. The van der Waals surface area contributed by atoms with Crippen molar-refractivity contribution in [1.82, 2.24) is 5.32 Å². The number of amides is 1. The van der Waals surface area contributed by atoms with Crippen LogP contribution in [-0.2, 0) is 20.9 Å². The average molecular weight is 460 g/mol. The van der Waals surface area contributed by atoms with Crippen molar-refractivity contribution in [3.8, 4) is 11.5 Å². The van der Waals surface area contributed by atoms with Crippen molar-refractivity contribution in [1.29, 1.82) is 0 Å². The number of nitrogens with zero attached hydrogens (tertiary/aromatic N) is 2. The highest BCUT2D eigenvalue weighted by Gasteiger charge is 2.25. The topological polar surface area (TPSA) is 98.6 Å². The van der Waals surface area contributed by atoms with Crippen LogP contribution < -0.4 is 14.8 Å². The van der Waals surface area contributed by atoms with Crippen molar-refractivity contribution in [3.63, 3.8) is 0 Å². The van der Waals surface area contributed by atoms with Crippen LogP contribution in [0.4, 0.5) is 0 Å². The first-order chi connectivity index (χ1) is 15.0. The first-order valence-corrected chi connectivity index (χ1v) is 10.1. The van der Waals surface area contributed by atoms with Crippen molar-refractivity contribution in [2.24, 2.45) is 10.2 Å². The van der Waals surface area contributed by atoms with E-state index in [0.717, 1.165) is 23.4 Å². The highest BCUT2D eigenvalue weighted by Crippen LogP contribution is 2.31. The molecule has 0 bridgehead atoms. The smallest absolute Gasteiger partial charge is 0.331 e. The van der Waals surface area contributed by atoms with Crippen molar-refractivity contribution < 1.29 is 23.8 Å². The molecule has 2 aromatic rings. The molecule has 1 N–H and O–H groups in total. The van der Waals surface area contributed by atoms with Gasteiger partial charge in [-0.15, -0.1) is 5.10 Å². The fraction of sp³-hybridized carbons (Fsp3) is 0.143. The fourth-order valence-corrected chi connectivity index (χ4v) is 3.47.